The van der Waals surface area contributed by atoms with Gasteiger partial charge in [-0.2, -0.15) is 0 Å². The Bertz CT molecular complexity index is 1610. The van der Waals surface area contributed by atoms with Crippen LogP contribution < -0.4 is 25.6 Å². The third-order valence-electron chi connectivity index (χ3n) is 7.30. The molecular weight excluding hydrogens is 470 g/mol. The zero-order valence-corrected chi connectivity index (χ0v) is 22.2. The molecule has 2 aromatic carbocycles. The predicted molar refractivity (Wildman–Crippen MR) is 145 cm³/mol. The van der Waals surface area contributed by atoms with Crippen molar-refractivity contribution in [3.63, 3.8) is 0 Å². The van der Waals surface area contributed by atoms with Crippen molar-refractivity contribution in [2.45, 2.75) is 45.6 Å². The third kappa shape index (κ3) is 4.22. The molecule has 0 atom stereocenters. The molecule has 1 fully saturated rings. The first-order valence-corrected chi connectivity index (χ1v) is 12.6. The van der Waals surface area contributed by atoms with Gasteiger partial charge >= 0.3 is 5.69 Å². The van der Waals surface area contributed by atoms with Gasteiger partial charge in [-0.05, 0) is 38.0 Å². The van der Waals surface area contributed by atoms with E-state index in [0.29, 0.717) is 48.3 Å². The van der Waals surface area contributed by atoms with Crippen molar-refractivity contribution in [3.05, 3.63) is 62.6 Å². The van der Waals surface area contributed by atoms with Crippen LogP contribution in [0, 0.1) is 6.92 Å². The summed E-state index contributed by atoms with van der Waals surface area (Å²) in [6, 6.07) is 9.26. The van der Waals surface area contributed by atoms with Crippen molar-refractivity contribution in [2.75, 3.05) is 32.2 Å². The number of anilines is 1. The standard InChI is InChI=1S/C28H33N5O4/c1-16(2)25-29-21-15-24(37-6)23(36-5)14-19(21)26(30-25)32-11-9-18(10-12-32)33-27(34)20-13-17(3)7-8-22(20)31(4)28(33)35/h7-8,13-16,18H,9-12H2,1-6H3. The number of piperidine rings is 1. The number of aryl methyl sites for hydroxylation is 2. The van der Waals surface area contributed by atoms with Crippen molar-refractivity contribution in [1.82, 2.24) is 19.1 Å². The quantitative estimate of drug-likeness (QED) is 0.407. The lowest BCUT2D eigenvalue weighted by atomic mass is 10.0. The highest BCUT2D eigenvalue weighted by Crippen LogP contribution is 2.37. The monoisotopic (exact) mass is 503 g/mol. The highest BCUT2D eigenvalue weighted by atomic mass is 16.5. The minimum absolute atomic E-state index is 0.149. The molecule has 9 heteroatoms. The number of hydrogen-bond acceptors (Lipinski definition) is 7. The summed E-state index contributed by atoms with van der Waals surface area (Å²) in [4.78, 5) is 38.6. The molecule has 0 saturated carbocycles. The molecule has 3 heterocycles. The average Bonchev–Trinajstić information content (AvgIpc) is 2.90. The maximum absolute atomic E-state index is 13.4. The van der Waals surface area contributed by atoms with Crippen LogP contribution in [-0.4, -0.2) is 46.4 Å². The van der Waals surface area contributed by atoms with Crippen molar-refractivity contribution in [3.8, 4) is 11.5 Å². The minimum Gasteiger partial charge on any atom is -0.493 e. The predicted octanol–water partition coefficient (Wildman–Crippen LogP) is 3.93. The Morgan fingerprint density at radius 3 is 2.27 bits per heavy atom. The second kappa shape index (κ2) is 9.53. The molecule has 2 aromatic heterocycles. The molecule has 9 nitrogen and oxygen atoms in total. The molecule has 0 spiro atoms. The third-order valence-corrected chi connectivity index (χ3v) is 7.30. The number of ether oxygens (including phenoxy) is 2. The largest absolute Gasteiger partial charge is 0.493 e. The van der Waals surface area contributed by atoms with E-state index < -0.39 is 0 Å². The van der Waals surface area contributed by atoms with E-state index in [-0.39, 0.29) is 23.2 Å². The van der Waals surface area contributed by atoms with E-state index in [4.69, 9.17) is 19.4 Å². The number of methoxy groups -OCH3 is 2. The number of benzene rings is 2. The maximum Gasteiger partial charge on any atom is 0.331 e. The number of hydrogen-bond donors (Lipinski definition) is 0. The van der Waals surface area contributed by atoms with E-state index >= 15 is 0 Å². The van der Waals surface area contributed by atoms with Gasteiger partial charge in [0.25, 0.3) is 5.56 Å². The van der Waals surface area contributed by atoms with Gasteiger partial charge < -0.3 is 14.4 Å². The van der Waals surface area contributed by atoms with Crippen LogP contribution in [0.25, 0.3) is 21.8 Å². The fourth-order valence-corrected chi connectivity index (χ4v) is 5.21. The van der Waals surface area contributed by atoms with Gasteiger partial charge in [0, 0.05) is 43.5 Å². The fourth-order valence-electron chi connectivity index (χ4n) is 5.21. The Kier molecular flexibility index (Phi) is 6.39. The summed E-state index contributed by atoms with van der Waals surface area (Å²) in [6.07, 6.45) is 1.31. The lowest BCUT2D eigenvalue weighted by Gasteiger charge is -2.34. The topological polar surface area (TPSA) is 91.5 Å². The lowest BCUT2D eigenvalue weighted by molar-refractivity contribution is 0.355. The summed E-state index contributed by atoms with van der Waals surface area (Å²) in [6.45, 7) is 7.41. The average molecular weight is 504 g/mol. The van der Waals surface area contributed by atoms with Gasteiger partial charge in [0.15, 0.2) is 11.5 Å². The van der Waals surface area contributed by atoms with Crippen LogP contribution in [0.5, 0.6) is 11.5 Å². The van der Waals surface area contributed by atoms with Gasteiger partial charge in [0.1, 0.15) is 11.6 Å². The minimum atomic E-state index is -0.272. The van der Waals surface area contributed by atoms with Crippen molar-refractivity contribution < 1.29 is 9.47 Å². The van der Waals surface area contributed by atoms with Gasteiger partial charge in [-0.15, -0.1) is 0 Å². The molecule has 0 radical (unpaired) electrons. The molecule has 0 bridgehead atoms. The summed E-state index contributed by atoms with van der Waals surface area (Å²) in [5.74, 6) is 2.98. The van der Waals surface area contributed by atoms with E-state index in [1.54, 1.807) is 25.8 Å². The highest BCUT2D eigenvalue weighted by molar-refractivity contribution is 5.92. The summed E-state index contributed by atoms with van der Waals surface area (Å²) in [5, 5.41) is 1.46. The molecule has 0 N–H and O–H groups in total. The van der Waals surface area contributed by atoms with Crippen molar-refractivity contribution in [2.24, 2.45) is 7.05 Å². The zero-order valence-electron chi connectivity index (χ0n) is 22.2. The van der Waals surface area contributed by atoms with Crippen LogP contribution in [0.2, 0.25) is 0 Å². The molecule has 194 valence electrons. The van der Waals surface area contributed by atoms with Crippen LogP contribution in [0.3, 0.4) is 0 Å². The summed E-state index contributed by atoms with van der Waals surface area (Å²) >= 11 is 0. The van der Waals surface area contributed by atoms with Crippen LogP contribution in [0.15, 0.2) is 39.9 Å². The van der Waals surface area contributed by atoms with Crippen LogP contribution in [0.4, 0.5) is 5.82 Å². The smallest absolute Gasteiger partial charge is 0.331 e. The van der Waals surface area contributed by atoms with E-state index in [1.165, 1.54) is 4.57 Å². The van der Waals surface area contributed by atoms with Gasteiger partial charge in [0.2, 0.25) is 0 Å². The highest BCUT2D eigenvalue weighted by Gasteiger charge is 2.27. The van der Waals surface area contributed by atoms with Gasteiger partial charge in [-0.1, -0.05) is 25.5 Å². The molecule has 37 heavy (non-hydrogen) atoms. The summed E-state index contributed by atoms with van der Waals surface area (Å²) in [5.41, 5.74) is 1.96. The van der Waals surface area contributed by atoms with Crippen molar-refractivity contribution >= 4 is 27.6 Å². The Labute approximate surface area is 215 Å². The van der Waals surface area contributed by atoms with E-state index in [9.17, 15) is 9.59 Å². The zero-order chi connectivity index (χ0) is 26.4. The molecule has 5 rings (SSSR count). The van der Waals surface area contributed by atoms with Crippen LogP contribution in [-0.2, 0) is 7.05 Å². The Morgan fingerprint density at radius 1 is 0.946 bits per heavy atom. The normalized spacial score (nSPS) is 14.6. The van der Waals surface area contributed by atoms with Gasteiger partial charge in [-0.25, -0.2) is 14.8 Å². The number of nitrogens with zero attached hydrogens (tertiary/aromatic N) is 5. The Balaban J connectivity index is 1.53. The number of aromatic nitrogens is 4. The Morgan fingerprint density at radius 2 is 1.62 bits per heavy atom. The molecule has 0 unspecified atom stereocenters. The van der Waals surface area contributed by atoms with E-state index in [2.05, 4.69) is 18.7 Å². The molecule has 4 aromatic rings. The Hall–Kier alpha value is -3.88. The molecule has 0 amide bonds. The second-order valence-electron chi connectivity index (χ2n) is 10.0. The molecule has 1 aliphatic heterocycles. The van der Waals surface area contributed by atoms with Gasteiger partial charge in [-0.3, -0.25) is 13.9 Å². The lowest BCUT2D eigenvalue weighted by Crippen LogP contribution is -2.45. The maximum atomic E-state index is 13.4. The summed E-state index contributed by atoms with van der Waals surface area (Å²) in [7, 11) is 4.95. The SMILES string of the molecule is COc1cc2nc(C(C)C)nc(N3CCC(n4c(=O)c5cc(C)ccc5n(C)c4=O)CC3)c2cc1OC. The van der Waals surface area contributed by atoms with E-state index in [1.807, 2.05) is 37.3 Å². The molecular formula is C28H33N5O4. The molecule has 1 saturated heterocycles. The van der Waals surface area contributed by atoms with Crippen LogP contribution in [0.1, 0.15) is 50.0 Å². The first-order valence-electron chi connectivity index (χ1n) is 12.6. The first-order chi connectivity index (χ1) is 17.7. The van der Waals surface area contributed by atoms with Crippen LogP contribution >= 0.6 is 0 Å². The first kappa shape index (κ1) is 24.8. The number of fused-ring (bicyclic) bond motifs is 2. The van der Waals surface area contributed by atoms with E-state index in [0.717, 1.165) is 28.1 Å². The fraction of sp³-hybridized carbons (Fsp3) is 0.429. The van der Waals surface area contributed by atoms with Gasteiger partial charge in [0.05, 0.1) is 30.6 Å². The summed E-state index contributed by atoms with van der Waals surface area (Å²) < 4.78 is 14.1. The second-order valence-corrected chi connectivity index (χ2v) is 10.0. The van der Waals surface area contributed by atoms with Crippen molar-refractivity contribution in [1.29, 1.82) is 0 Å². The molecule has 1 aliphatic rings. The molecule has 0 aliphatic carbocycles. The number of rotatable bonds is 5.